The molecule has 0 unspecified atom stereocenters. The Morgan fingerprint density at radius 2 is 2.00 bits per heavy atom. The van der Waals surface area contributed by atoms with E-state index in [0.29, 0.717) is 11.5 Å². The smallest absolute Gasteiger partial charge is 0.147 e. The minimum atomic E-state index is 0.357. The predicted molar refractivity (Wildman–Crippen MR) is 48.4 cm³/mol. The molecule has 0 bridgehead atoms. The second kappa shape index (κ2) is 2.34. The van der Waals surface area contributed by atoms with E-state index in [-0.39, 0.29) is 0 Å². The van der Waals surface area contributed by atoms with Gasteiger partial charge in [0.2, 0.25) is 0 Å². The predicted octanol–water partition coefficient (Wildman–Crippen LogP) is 0.794. The summed E-state index contributed by atoms with van der Waals surface area (Å²) < 4.78 is 0. The molecule has 4 nitrogen and oxygen atoms in total. The Bertz CT molecular complexity index is 384. The van der Waals surface area contributed by atoms with Crippen LogP contribution in [0.4, 0.5) is 11.5 Å². The SMILES string of the molecule is Nc1cc2ncccc2nc1N. The second-order valence-electron chi connectivity index (χ2n) is 2.50. The Hall–Kier alpha value is -1.84. The van der Waals surface area contributed by atoms with Crippen molar-refractivity contribution in [3.8, 4) is 0 Å². The fraction of sp³-hybridized carbons (Fsp3) is 0. The van der Waals surface area contributed by atoms with Crippen LogP contribution < -0.4 is 11.5 Å². The van der Waals surface area contributed by atoms with Crippen LogP contribution in [0.1, 0.15) is 0 Å². The molecule has 0 aliphatic heterocycles. The Morgan fingerprint density at radius 1 is 1.17 bits per heavy atom. The monoisotopic (exact) mass is 160 g/mol. The van der Waals surface area contributed by atoms with Crippen LogP contribution in [-0.4, -0.2) is 9.97 Å². The number of hydrogen-bond acceptors (Lipinski definition) is 4. The van der Waals surface area contributed by atoms with Gasteiger partial charge in [-0.25, -0.2) is 4.98 Å². The largest absolute Gasteiger partial charge is 0.396 e. The molecular formula is C8H8N4. The molecule has 0 fully saturated rings. The third-order valence-electron chi connectivity index (χ3n) is 1.65. The summed E-state index contributed by atoms with van der Waals surface area (Å²) in [5.74, 6) is 0.357. The maximum absolute atomic E-state index is 5.56. The van der Waals surface area contributed by atoms with Crippen molar-refractivity contribution in [2.45, 2.75) is 0 Å². The summed E-state index contributed by atoms with van der Waals surface area (Å²) in [6.07, 6.45) is 1.69. The van der Waals surface area contributed by atoms with Gasteiger partial charge in [-0.2, -0.15) is 0 Å². The van der Waals surface area contributed by atoms with Crippen molar-refractivity contribution in [2.24, 2.45) is 0 Å². The molecule has 0 amide bonds. The highest BCUT2D eigenvalue weighted by Gasteiger charge is 1.99. The van der Waals surface area contributed by atoms with E-state index in [2.05, 4.69) is 9.97 Å². The van der Waals surface area contributed by atoms with Gasteiger partial charge >= 0.3 is 0 Å². The zero-order valence-corrected chi connectivity index (χ0v) is 6.36. The van der Waals surface area contributed by atoms with E-state index in [1.165, 1.54) is 0 Å². The molecule has 0 aliphatic carbocycles. The fourth-order valence-electron chi connectivity index (χ4n) is 1.03. The van der Waals surface area contributed by atoms with E-state index in [4.69, 9.17) is 11.5 Å². The van der Waals surface area contributed by atoms with Crippen LogP contribution in [0.5, 0.6) is 0 Å². The van der Waals surface area contributed by atoms with Crippen molar-refractivity contribution in [3.63, 3.8) is 0 Å². The summed E-state index contributed by atoms with van der Waals surface area (Å²) in [5, 5.41) is 0. The number of nitrogens with two attached hydrogens (primary N) is 2. The first kappa shape index (κ1) is 6.84. The summed E-state index contributed by atoms with van der Waals surface area (Å²) in [4.78, 5) is 8.15. The van der Waals surface area contributed by atoms with E-state index in [0.717, 1.165) is 11.0 Å². The van der Waals surface area contributed by atoms with Crippen molar-refractivity contribution < 1.29 is 0 Å². The third-order valence-corrected chi connectivity index (χ3v) is 1.65. The highest BCUT2D eigenvalue weighted by atomic mass is 14.9. The van der Waals surface area contributed by atoms with Crippen LogP contribution >= 0.6 is 0 Å². The highest BCUT2D eigenvalue weighted by molar-refractivity contribution is 5.81. The minimum absolute atomic E-state index is 0.357. The van der Waals surface area contributed by atoms with E-state index < -0.39 is 0 Å². The molecule has 60 valence electrons. The molecule has 0 radical (unpaired) electrons. The Labute approximate surface area is 69.2 Å². The molecule has 12 heavy (non-hydrogen) atoms. The lowest BCUT2D eigenvalue weighted by Crippen LogP contribution is -1.98. The first-order valence-electron chi connectivity index (χ1n) is 3.54. The van der Waals surface area contributed by atoms with E-state index in [9.17, 15) is 0 Å². The maximum atomic E-state index is 5.56. The summed E-state index contributed by atoms with van der Waals surface area (Å²) in [6, 6.07) is 5.38. The molecule has 4 N–H and O–H groups in total. The summed E-state index contributed by atoms with van der Waals surface area (Å²) in [6.45, 7) is 0. The van der Waals surface area contributed by atoms with Crippen LogP contribution in [0, 0.1) is 0 Å². The van der Waals surface area contributed by atoms with Gasteiger partial charge in [0.15, 0.2) is 0 Å². The van der Waals surface area contributed by atoms with Crippen LogP contribution in [0.3, 0.4) is 0 Å². The first-order chi connectivity index (χ1) is 5.77. The number of fused-ring (bicyclic) bond motifs is 1. The normalized spacial score (nSPS) is 10.3. The lowest BCUT2D eigenvalue weighted by Gasteiger charge is -2.00. The number of rotatable bonds is 0. The van der Waals surface area contributed by atoms with E-state index in [1.54, 1.807) is 12.3 Å². The van der Waals surface area contributed by atoms with Gasteiger partial charge in [0.05, 0.1) is 16.7 Å². The quantitative estimate of drug-likeness (QED) is 0.597. The van der Waals surface area contributed by atoms with E-state index >= 15 is 0 Å². The van der Waals surface area contributed by atoms with Crippen LogP contribution in [0.2, 0.25) is 0 Å². The number of hydrogen-bond donors (Lipinski definition) is 2. The van der Waals surface area contributed by atoms with Crippen molar-refractivity contribution in [1.82, 2.24) is 9.97 Å². The van der Waals surface area contributed by atoms with Gasteiger partial charge in [-0.05, 0) is 18.2 Å². The summed E-state index contributed by atoms with van der Waals surface area (Å²) >= 11 is 0. The molecule has 2 aromatic heterocycles. The topological polar surface area (TPSA) is 77.8 Å². The zero-order chi connectivity index (χ0) is 8.55. The van der Waals surface area contributed by atoms with Crippen LogP contribution in [0.25, 0.3) is 11.0 Å². The van der Waals surface area contributed by atoms with Gasteiger partial charge in [-0.3, -0.25) is 4.98 Å². The number of nitrogens with zero attached hydrogens (tertiary/aromatic N) is 2. The maximum Gasteiger partial charge on any atom is 0.147 e. The first-order valence-corrected chi connectivity index (χ1v) is 3.54. The molecule has 0 spiro atoms. The molecule has 2 heterocycles. The zero-order valence-electron chi connectivity index (χ0n) is 6.36. The second-order valence-corrected chi connectivity index (χ2v) is 2.50. The lowest BCUT2D eigenvalue weighted by molar-refractivity contribution is 1.34. The van der Waals surface area contributed by atoms with Crippen molar-refractivity contribution in [1.29, 1.82) is 0 Å². The Balaban J connectivity index is 2.84. The molecule has 0 aromatic carbocycles. The Morgan fingerprint density at radius 3 is 2.83 bits per heavy atom. The van der Waals surface area contributed by atoms with Crippen molar-refractivity contribution in [2.75, 3.05) is 11.5 Å². The average molecular weight is 160 g/mol. The van der Waals surface area contributed by atoms with Gasteiger partial charge in [-0.1, -0.05) is 0 Å². The standard InChI is InChI=1S/C8H8N4/c9-5-4-7-6(12-8(5)10)2-1-3-11-7/h1-4H,9H2,(H2,10,12). The minimum Gasteiger partial charge on any atom is -0.396 e. The van der Waals surface area contributed by atoms with Gasteiger partial charge in [0, 0.05) is 6.20 Å². The molecule has 0 saturated heterocycles. The lowest BCUT2D eigenvalue weighted by atomic mass is 10.3. The van der Waals surface area contributed by atoms with Gasteiger partial charge in [0.1, 0.15) is 5.82 Å². The van der Waals surface area contributed by atoms with Gasteiger partial charge in [-0.15, -0.1) is 0 Å². The van der Waals surface area contributed by atoms with Gasteiger partial charge in [0.25, 0.3) is 0 Å². The third kappa shape index (κ3) is 0.934. The van der Waals surface area contributed by atoms with Crippen molar-refractivity contribution >= 4 is 22.5 Å². The van der Waals surface area contributed by atoms with E-state index in [1.807, 2.05) is 12.1 Å². The molecule has 0 saturated carbocycles. The number of nitrogen functional groups attached to an aromatic ring is 2. The van der Waals surface area contributed by atoms with Gasteiger partial charge < -0.3 is 11.5 Å². The Kier molecular flexibility index (Phi) is 1.33. The number of aromatic nitrogens is 2. The fourth-order valence-corrected chi connectivity index (χ4v) is 1.03. The van der Waals surface area contributed by atoms with Crippen LogP contribution in [0.15, 0.2) is 24.4 Å². The van der Waals surface area contributed by atoms with Crippen molar-refractivity contribution in [3.05, 3.63) is 24.4 Å². The average Bonchev–Trinajstić information content (AvgIpc) is 2.07. The van der Waals surface area contributed by atoms with Crippen LogP contribution in [-0.2, 0) is 0 Å². The molecule has 0 aliphatic rings. The molecule has 0 atom stereocenters. The molecule has 4 heteroatoms. The molecular weight excluding hydrogens is 152 g/mol. The summed E-state index contributed by atoms with van der Waals surface area (Å²) in [7, 11) is 0. The molecule has 2 rings (SSSR count). The number of pyridine rings is 2. The molecule has 2 aromatic rings. The number of anilines is 2. The summed E-state index contributed by atoms with van der Waals surface area (Å²) in [5.41, 5.74) is 13.1. The highest BCUT2D eigenvalue weighted by Crippen LogP contribution is 2.17.